The van der Waals surface area contributed by atoms with E-state index < -0.39 is 12.1 Å². The molecule has 0 aliphatic rings. The summed E-state index contributed by atoms with van der Waals surface area (Å²) in [7, 11) is 1.30. The molecule has 0 saturated heterocycles. The van der Waals surface area contributed by atoms with Crippen LogP contribution < -0.4 is 0 Å². The first-order valence-corrected chi connectivity index (χ1v) is 5.32. The Kier molecular flexibility index (Phi) is 3.10. The summed E-state index contributed by atoms with van der Waals surface area (Å²) in [4.78, 5) is 18.5. The van der Waals surface area contributed by atoms with E-state index in [-0.39, 0.29) is 6.42 Å². The number of H-pyrrole nitrogens is 1. The number of hydrogen-bond donors (Lipinski definition) is 2. The number of imidazole rings is 1. The van der Waals surface area contributed by atoms with Crippen LogP contribution in [0.2, 0.25) is 0 Å². The highest BCUT2D eigenvalue weighted by Gasteiger charge is 2.17. The minimum atomic E-state index is -0.895. The average Bonchev–Trinajstić information content (AvgIpc) is 2.68. The van der Waals surface area contributed by atoms with Gasteiger partial charge in [-0.15, -0.1) is 0 Å². The fraction of sp³-hybridized carbons (Fsp3) is 0.333. The molecule has 1 unspecified atom stereocenters. The summed E-state index contributed by atoms with van der Waals surface area (Å²) in [6.45, 7) is 1.84. The molecular weight excluding hydrogens is 220 g/mol. The van der Waals surface area contributed by atoms with Crippen LogP contribution in [0.1, 0.15) is 23.9 Å². The summed E-state index contributed by atoms with van der Waals surface area (Å²) < 4.78 is 4.53. The molecule has 0 aliphatic carbocycles. The Bertz CT molecular complexity index is 548. The van der Waals surface area contributed by atoms with Gasteiger partial charge in [0.2, 0.25) is 0 Å². The van der Waals surface area contributed by atoms with Crippen LogP contribution in [0.5, 0.6) is 0 Å². The Labute approximate surface area is 98.4 Å². The van der Waals surface area contributed by atoms with Gasteiger partial charge < -0.3 is 14.8 Å². The molecule has 0 spiro atoms. The van der Waals surface area contributed by atoms with E-state index in [0.29, 0.717) is 11.1 Å². The van der Waals surface area contributed by atoms with Crippen LogP contribution in [-0.4, -0.2) is 28.2 Å². The van der Waals surface area contributed by atoms with Crippen molar-refractivity contribution in [2.45, 2.75) is 19.4 Å². The zero-order valence-corrected chi connectivity index (χ0v) is 9.73. The molecule has 0 amide bonds. The molecule has 5 heteroatoms. The van der Waals surface area contributed by atoms with Gasteiger partial charge in [0.05, 0.1) is 30.7 Å². The van der Waals surface area contributed by atoms with Crippen molar-refractivity contribution in [3.63, 3.8) is 0 Å². The normalized spacial score (nSPS) is 12.6. The number of nitrogens with zero attached hydrogens (tertiary/aromatic N) is 1. The fourth-order valence-corrected chi connectivity index (χ4v) is 1.80. The first kappa shape index (κ1) is 11.6. The molecule has 1 heterocycles. The maximum atomic E-state index is 11.1. The maximum absolute atomic E-state index is 11.1. The van der Waals surface area contributed by atoms with Gasteiger partial charge in [-0.2, -0.15) is 0 Å². The highest BCUT2D eigenvalue weighted by atomic mass is 16.5. The molecular formula is C12H14N2O3. The predicted octanol–water partition coefficient (Wildman–Crippen LogP) is 1.47. The number of para-hydroxylation sites is 1. The second-order valence-corrected chi connectivity index (χ2v) is 3.86. The monoisotopic (exact) mass is 234 g/mol. The summed E-state index contributed by atoms with van der Waals surface area (Å²) >= 11 is 0. The highest BCUT2D eigenvalue weighted by Crippen LogP contribution is 2.24. The molecule has 0 fully saturated rings. The Morgan fingerprint density at radius 1 is 1.59 bits per heavy atom. The highest BCUT2D eigenvalue weighted by molar-refractivity contribution is 5.80. The summed E-state index contributed by atoms with van der Waals surface area (Å²) in [5.41, 5.74) is 2.18. The standard InChI is InChI=1S/C12H14N2O3/c1-7-13-9-5-3-4-8(12(9)14-7)10(15)6-11(16)17-2/h3-5,10,15H,6H2,1-2H3,(H,13,14). The Hall–Kier alpha value is -1.88. The first-order chi connectivity index (χ1) is 8.11. The average molecular weight is 234 g/mol. The number of hydrogen-bond acceptors (Lipinski definition) is 4. The topological polar surface area (TPSA) is 75.2 Å². The number of nitrogens with one attached hydrogen (secondary N) is 1. The van der Waals surface area contributed by atoms with Crippen molar-refractivity contribution in [1.29, 1.82) is 0 Å². The van der Waals surface area contributed by atoms with Gasteiger partial charge in [-0.3, -0.25) is 4.79 Å². The van der Waals surface area contributed by atoms with E-state index >= 15 is 0 Å². The number of ether oxygens (including phenoxy) is 1. The third-order valence-electron chi connectivity index (χ3n) is 2.61. The van der Waals surface area contributed by atoms with E-state index in [1.54, 1.807) is 6.07 Å². The number of carbonyl (C=O) groups excluding carboxylic acids is 1. The van der Waals surface area contributed by atoms with E-state index in [1.165, 1.54) is 7.11 Å². The lowest BCUT2D eigenvalue weighted by molar-refractivity contribution is -0.142. The van der Waals surface area contributed by atoms with E-state index in [0.717, 1.165) is 11.3 Å². The molecule has 2 N–H and O–H groups in total. The van der Waals surface area contributed by atoms with Crippen LogP contribution in [0.3, 0.4) is 0 Å². The number of rotatable bonds is 3. The van der Waals surface area contributed by atoms with Gasteiger partial charge in [0, 0.05) is 5.56 Å². The second-order valence-electron chi connectivity index (χ2n) is 3.86. The number of esters is 1. The molecule has 2 aromatic rings. The molecule has 5 nitrogen and oxygen atoms in total. The zero-order chi connectivity index (χ0) is 12.4. The van der Waals surface area contributed by atoms with Crippen LogP contribution in [0.15, 0.2) is 18.2 Å². The van der Waals surface area contributed by atoms with Crippen LogP contribution >= 0.6 is 0 Å². The number of aliphatic hydroxyl groups excluding tert-OH is 1. The van der Waals surface area contributed by atoms with Crippen LogP contribution in [-0.2, 0) is 9.53 Å². The van der Waals surface area contributed by atoms with Gasteiger partial charge in [-0.05, 0) is 13.0 Å². The van der Waals surface area contributed by atoms with Crippen LogP contribution in [0.4, 0.5) is 0 Å². The number of aliphatic hydroxyl groups is 1. The summed E-state index contributed by atoms with van der Waals surface area (Å²) in [5, 5.41) is 9.97. The van der Waals surface area contributed by atoms with Crippen molar-refractivity contribution >= 4 is 17.0 Å². The Morgan fingerprint density at radius 2 is 2.35 bits per heavy atom. The SMILES string of the molecule is COC(=O)CC(O)c1cccc2[nH]c(C)nc12. The minimum absolute atomic E-state index is 0.0679. The van der Waals surface area contributed by atoms with E-state index in [9.17, 15) is 9.90 Å². The van der Waals surface area contributed by atoms with E-state index in [2.05, 4.69) is 14.7 Å². The van der Waals surface area contributed by atoms with Crippen molar-refractivity contribution in [2.24, 2.45) is 0 Å². The summed E-state index contributed by atoms with van der Waals surface area (Å²) in [6.07, 6.45) is -0.963. The number of aryl methyl sites for hydroxylation is 1. The molecule has 0 radical (unpaired) electrons. The Balaban J connectivity index is 2.37. The molecule has 90 valence electrons. The number of benzene rings is 1. The van der Waals surface area contributed by atoms with Gasteiger partial charge in [0.25, 0.3) is 0 Å². The number of carbonyl (C=O) groups is 1. The van der Waals surface area contributed by atoms with Crippen molar-refractivity contribution < 1.29 is 14.6 Å². The largest absolute Gasteiger partial charge is 0.469 e. The zero-order valence-electron chi connectivity index (χ0n) is 9.73. The lowest BCUT2D eigenvalue weighted by atomic mass is 10.1. The smallest absolute Gasteiger partial charge is 0.308 e. The number of fused-ring (bicyclic) bond motifs is 1. The fourth-order valence-electron chi connectivity index (χ4n) is 1.80. The van der Waals surface area contributed by atoms with E-state index in [1.807, 2.05) is 19.1 Å². The second kappa shape index (κ2) is 4.55. The van der Waals surface area contributed by atoms with Gasteiger partial charge >= 0.3 is 5.97 Å². The van der Waals surface area contributed by atoms with Crippen molar-refractivity contribution in [2.75, 3.05) is 7.11 Å². The van der Waals surface area contributed by atoms with Crippen molar-refractivity contribution in [3.05, 3.63) is 29.6 Å². The maximum Gasteiger partial charge on any atom is 0.308 e. The molecule has 0 saturated carbocycles. The van der Waals surface area contributed by atoms with Gasteiger partial charge in [0.15, 0.2) is 0 Å². The molecule has 1 aromatic carbocycles. The van der Waals surface area contributed by atoms with Crippen molar-refractivity contribution in [3.8, 4) is 0 Å². The lowest BCUT2D eigenvalue weighted by Gasteiger charge is -2.09. The summed E-state index contributed by atoms with van der Waals surface area (Å²) in [5.74, 6) is 0.333. The van der Waals surface area contributed by atoms with Gasteiger partial charge in [-0.1, -0.05) is 12.1 Å². The van der Waals surface area contributed by atoms with Gasteiger partial charge in [0.1, 0.15) is 5.82 Å². The quantitative estimate of drug-likeness (QED) is 0.788. The Morgan fingerprint density at radius 3 is 3.06 bits per heavy atom. The molecule has 1 atom stereocenters. The molecule has 17 heavy (non-hydrogen) atoms. The van der Waals surface area contributed by atoms with Gasteiger partial charge in [-0.25, -0.2) is 4.98 Å². The van der Waals surface area contributed by atoms with Crippen molar-refractivity contribution in [1.82, 2.24) is 9.97 Å². The predicted molar refractivity (Wildman–Crippen MR) is 62.4 cm³/mol. The number of aromatic amines is 1. The van der Waals surface area contributed by atoms with Crippen LogP contribution in [0.25, 0.3) is 11.0 Å². The molecule has 2 rings (SSSR count). The molecule has 1 aromatic heterocycles. The summed E-state index contributed by atoms with van der Waals surface area (Å²) in [6, 6.07) is 5.45. The first-order valence-electron chi connectivity index (χ1n) is 5.32. The minimum Gasteiger partial charge on any atom is -0.469 e. The number of methoxy groups -OCH3 is 1. The lowest BCUT2D eigenvalue weighted by Crippen LogP contribution is -2.08. The molecule has 0 aliphatic heterocycles. The van der Waals surface area contributed by atoms with E-state index in [4.69, 9.17) is 0 Å². The van der Waals surface area contributed by atoms with Crippen LogP contribution in [0, 0.1) is 6.92 Å². The number of aromatic nitrogens is 2. The molecule has 0 bridgehead atoms. The third kappa shape index (κ3) is 2.29. The third-order valence-corrected chi connectivity index (χ3v) is 2.61.